The highest BCUT2D eigenvalue weighted by atomic mass is 35.7. The first-order chi connectivity index (χ1) is 9.88. The van der Waals surface area contributed by atoms with Crippen LogP contribution in [-0.2, 0) is 9.05 Å². The molecule has 5 nitrogen and oxygen atoms in total. The molecular weight excluding hydrogens is 314 g/mol. The van der Waals surface area contributed by atoms with E-state index in [0.717, 1.165) is 18.8 Å². The van der Waals surface area contributed by atoms with E-state index >= 15 is 0 Å². The number of nitrogens with one attached hydrogen (secondary N) is 1. The van der Waals surface area contributed by atoms with Crippen LogP contribution in [0.15, 0.2) is 15.4 Å². The Morgan fingerprint density at radius 3 is 2.67 bits per heavy atom. The van der Waals surface area contributed by atoms with Gasteiger partial charge in [0.1, 0.15) is 10.7 Å². The molecule has 1 aliphatic rings. The van der Waals surface area contributed by atoms with Gasteiger partial charge in [0.05, 0.1) is 0 Å². The molecule has 1 aromatic rings. The number of aryl methyl sites for hydroxylation is 1. The lowest BCUT2D eigenvalue weighted by molar-refractivity contribution is 0.0923. The van der Waals surface area contributed by atoms with Crippen LogP contribution in [0, 0.1) is 12.8 Å². The van der Waals surface area contributed by atoms with Gasteiger partial charge in [-0.3, -0.25) is 4.79 Å². The third-order valence-electron chi connectivity index (χ3n) is 3.91. The average molecular weight is 334 g/mol. The molecular formula is C14H20ClNO4S. The van der Waals surface area contributed by atoms with E-state index in [-0.39, 0.29) is 16.4 Å². The lowest BCUT2D eigenvalue weighted by Crippen LogP contribution is -2.24. The van der Waals surface area contributed by atoms with Crippen LogP contribution < -0.4 is 5.32 Å². The van der Waals surface area contributed by atoms with Gasteiger partial charge in [0, 0.05) is 23.3 Å². The van der Waals surface area contributed by atoms with Crippen molar-refractivity contribution in [2.75, 3.05) is 6.54 Å². The molecule has 0 aromatic carbocycles. The van der Waals surface area contributed by atoms with Crippen molar-refractivity contribution < 1.29 is 17.6 Å². The molecule has 0 aliphatic heterocycles. The van der Waals surface area contributed by atoms with Crippen molar-refractivity contribution in [3.05, 3.63) is 17.6 Å². The second-order valence-electron chi connectivity index (χ2n) is 5.52. The number of hydrogen-bond acceptors (Lipinski definition) is 4. The summed E-state index contributed by atoms with van der Waals surface area (Å²) < 4.78 is 27.7. The van der Waals surface area contributed by atoms with Gasteiger partial charge < -0.3 is 9.73 Å². The number of carbonyl (C=O) groups is 1. The zero-order valence-corrected chi connectivity index (χ0v) is 13.6. The average Bonchev–Trinajstić information content (AvgIpc) is 3.02. The molecule has 0 atom stereocenters. The Labute approximate surface area is 129 Å². The smallest absolute Gasteiger partial charge is 0.287 e. The second-order valence-corrected chi connectivity index (χ2v) is 8.05. The largest absolute Gasteiger partial charge is 0.455 e. The highest BCUT2D eigenvalue weighted by Crippen LogP contribution is 2.28. The summed E-state index contributed by atoms with van der Waals surface area (Å²) in [6.07, 6.45) is 7.27. The van der Waals surface area contributed by atoms with Crippen LogP contribution in [-0.4, -0.2) is 20.9 Å². The van der Waals surface area contributed by atoms with Crippen molar-refractivity contribution in [1.29, 1.82) is 0 Å². The van der Waals surface area contributed by atoms with Crippen molar-refractivity contribution in [2.24, 2.45) is 5.92 Å². The summed E-state index contributed by atoms with van der Waals surface area (Å²) in [6.45, 7) is 2.03. The van der Waals surface area contributed by atoms with Crippen LogP contribution in [0.25, 0.3) is 0 Å². The number of amides is 1. The summed E-state index contributed by atoms with van der Waals surface area (Å²) in [5, 5.41) is 2.74. The Morgan fingerprint density at radius 1 is 1.43 bits per heavy atom. The van der Waals surface area contributed by atoms with Crippen LogP contribution >= 0.6 is 10.7 Å². The summed E-state index contributed by atoms with van der Waals surface area (Å²) in [5.41, 5.74) is 0. The monoisotopic (exact) mass is 333 g/mol. The van der Waals surface area contributed by atoms with E-state index in [1.165, 1.54) is 38.7 Å². The molecule has 0 radical (unpaired) electrons. The molecule has 1 saturated carbocycles. The summed E-state index contributed by atoms with van der Waals surface area (Å²) >= 11 is 0. The first kappa shape index (κ1) is 16.4. The second kappa shape index (κ2) is 6.83. The van der Waals surface area contributed by atoms with Crippen LogP contribution in [0.5, 0.6) is 0 Å². The number of rotatable bonds is 6. The number of furan rings is 1. The molecule has 1 heterocycles. The van der Waals surface area contributed by atoms with Gasteiger partial charge in [0.2, 0.25) is 0 Å². The molecule has 1 fully saturated rings. The fourth-order valence-electron chi connectivity index (χ4n) is 2.80. The van der Waals surface area contributed by atoms with Gasteiger partial charge in [-0.15, -0.1) is 0 Å². The zero-order chi connectivity index (χ0) is 15.5. The Bertz CT molecular complexity index is 602. The number of carbonyl (C=O) groups excluding carboxylic acids is 1. The fourth-order valence-corrected chi connectivity index (χ4v) is 3.89. The molecule has 7 heteroatoms. The van der Waals surface area contributed by atoms with E-state index in [4.69, 9.17) is 15.1 Å². The topological polar surface area (TPSA) is 76.4 Å². The molecule has 1 aliphatic carbocycles. The van der Waals surface area contributed by atoms with Crippen molar-refractivity contribution in [2.45, 2.75) is 50.3 Å². The van der Waals surface area contributed by atoms with E-state index < -0.39 is 15.0 Å². The van der Waals surface area contributed by atoms with Gasteiger partial charge >= 0.3 is 0 Å². The number of halogens is 1. The Balaban J connectivity index is 1.83. The maximum atomic E-state index is 11.9. The molecule has 1 aromatic heterocycles. The lowest BCUT2D eigenvalue weighted by atomic mass is 10.0. The Hall–Kier alpha value is -1.01. The van der Waals surface area contributed by atoms with Crippen molar-refractivity contribution >= 4 is 25.6 Å². The Kier molecular flexibility index (Phi) is 5.32. The summed E-state index contributed by atoms with van der Waals surface area (Å²) in [7, 11) is 1.38. The van der Waals surface area contributed by atoms with Crippen molar-refractivity contribution in [3.8, 4) is 0 Å². The quantitative estimate of drug-likeness (QED) is 0.640. The summed E-state index contributed by atoms with van der Waals surface area (Å²) in [5.74, 6) is 0.491. The SMILES string of the molecule is Cc1oc(C(=O)NCCCC2CCCC2)cc1S(=O)(=O)Cl. The van der Waals surface area contributed by atoms with E-state index in [1.54, 1.807) is 0 Å². The first-order valence-corrected chi connectivity index (χ1v) is 9.52. The highest BCUT2D eigenvalue weighted by molar-refractivity contribution is 8.13. The van der Waals surface area contributed by atoms with E-state index in [2.05, 4.69) is 5.32 Å². The molecule has 0 unspecified atom stereocenters. The fraction of sp³-hybridized carbons (Fsp3) is 0.643. The van der Waals surface area contributed by atoms with Gasteiger partial charge in [0.25, 0.3) is 15.0 Å². The molecule has 21 heavy (non-hydrogen) atoms. The predicted octanol–water partition coefficient (Wildman–Crippen LogP) is 3.22. The zero-order valence-electron chi connectivity index (χ0n) is 12.0. The molecule has 0 spiro atoms. The molecule has 1 amide bonds. The van der Waals surface area contributed by atoms with Gasteiger partial charge in [-0.25, -0.2) is 8.42 Å². The van der Waals surface area contributed by atoms with Crippen LogP contribution in [0.4, 0.5) is 0 Å². The minimum atomic E-state index is -3.88. The maximum absolute atomic E-state index is 11.9. The molecule has 0 bridgehead atoms. The Morgan fingerprint density at radius 2 is 2.10 bits per heavy atom. The van der Waals surface area contributed by atoms with Crippen molar-refractivity contribution in [3.63, 3.8) is 0 Å². The first-order valence-electron chi connectivity index (χ1n) is 7.21. The van der Waals surface area contributed by atoms with Crippen LogP contribution in [0.2, 0.25) is 0 Å². The summed E-state index contributed by atoms with van der Waals surface area (Å²) in [6, 6.07) is 1.17. The molecule has 0 saturated heterocycles. The van der Waals surface area contributed by atoms with Gasteiger partial charge in [0.15, 0.2) is 5.76 Å². The van der Waals surface area contributed by atoms with E-state index in [0.29, 0.717) is 6.54 Å². The number of hydrogen-bond donors (Lipinski definition) is 1. The standard InChI is InChI=1S/C14H20ClNO4S/c1-10-13(21(15,18)19)9-12(20-10)14(17)16-8-4-7-11-5-2-3-6-11/h9,11H,2-8H2,1H3,(H,16,17). The minimum absolute atomic E-state index is 0.0207. The molecule has 118 valence electrons. The highest BCUT2D eigenvalue weighted by Gasteiger charge is 2.22. The summed E-state index contributed by atoms with van der Waals surface area (Å²) in [4.78, 5) is 11.7. The third kappa shape index (κ3) is 4.48. The maximum Gasteiger partial charge on any atom is 0.287 e. The normalized spacial score (nSPS) is 16.3. The van der Waals surface area contributed by atoms with E-state index in [9.17, 15) is 13.2 Å². The lowest BCUT2D eigenvalue weighted by Gasteiger charge is -2.08. The van der Waals surface area contributed by atoms with Gasteiger partial charge in [-0.05, 0) is 25.7 Å². The minimum Gasteiger partial charge on any atom is -0.455 e. The molecule has 1 N–H and O–H groups in total. The predicted molar refractivity (Wildman–Crippen MR) is 80.0 cm³/mol. The van der Waals surface area contributed by atoms with Crippen LogP contribution in [0.1, 0.15) is 54.8 Å². The van der Waals surface area contributed by atoms with E-state index in [1.807, 2.05) is 0 Å². The molecule has 2 rings (SSSR count). The third-order valence-corrected chi connectivity index (χ3v) is 5.34. The van der Waals surface area contributed by atoms with Gasteiger partial charge in [-0.2, -0.15) is 0 Å². The van der Waals surface area contributed by atoms with Crippen molar-refractivity contribution in [1.82, 2.24) is 5.32 Å². The van der Waals surface area contributed by atoms with Crippen LogP contribution in [0.3, 0.4) is 0 Å². The van der Waals surface area contributed by atoms with Gasteiger partial charge in [-0.1, -0.05) is 25.7 Å².